The van der Waals surface area contributed by atoms with Crippen molar-refractivity contribution in [2.45, 2.75) is 180 Å². The van der Waals surface area contributed by atoms with Gasteiger partial charge in [-0.05, 0) is 121 Å². The van der Waals surface area contributed by atoms with Crippen molar-refractivity contribution in [3.05, 3.63) is 0 Å². The summed E-state index contributed by atoms with van der Waals surface area (Å²) in [5, 5.41) is 3.32. The number of fused-ring (bicyclic) bond motifs is 4. The summed E-state index contributed by atoms with van der Waals surface area (Å²) >= 11 is 0. The van der Waals surface area contributed by atoms with Crippen molar-refractivity contribution >= 4 is 5.91 Å². The van der Waals surface area contributed by atoms with Gasteiger partial charge in [0.2, 0.25) is 17.5 Å². The first-order chi connectivity index (χ1) is 22.6. The van der Waals surface area contributed by atoms with E-state index in [-0.39, 0.29) is 53.2 Å². The van der Waals surface area contributed by atoms with Gasteiger partial charge in [-0.3, -0.25) is 4.79 Å². The van der Waals surface area contributed by atoms with Crippen molar-refractivity contribution in [2.24, 2.45) is 53.3 Å². The highest BCUT2D eigenvalue weighted by molar-refractivity contribution is 5.79. The van der Waals surface area contributed by atoms with E-state index in [2.05, 4.69) is 33.0 Å². The minimum atomic E-state index is -0.830. The molecule has 10 rings (SSSR count). The van der Waals surface area contributed by atoms with Crippen LogP contribution < -0.4 is 5.32 Å². The molecular formula is C38H61NO9. The maximum Gasteiger partial charge on any atom is 0.223 e. The number of amides is 1. The van der Waals surface area contributed by atoms with Gasteiger partial charge < -0.3 is 24.3 Å². The predicted molar refractivity (Wildman–Crippen MR) is 174 cm³/mol. The van der Waals surface area contributed by atoms with E-state index in [4.69, 9.17) is 38.5 Å². The SMILES string of the molecule is C[C@H]1[C@@H](CC(C[C@H]2O[C@H]3O[C@@]4(C)CC[C@H]5[C@H](C)CC[C@@H]([C@H]2C)[C@@]35OO4)C(=O)NC(C)(C)C)O[C@@H]2O[C@@]3(C)CC[C@H]4[C@H](C)CC[C@@H]1[C@@]24OO3. The summed E-state index contributed by atoms with van der Waals surface area (Å²) in [5.41, 5.74) is -1.61. The monoisotopic (exact) mass is 675 g/mol. The van der Waals surface area contributed by atoms with Crippen LogP contribution in [0.2, 0.25) is 0 Å². The summed E-state index contributed by atoms with van der Waals surface area (Å²) in [4.78, 5) is 39.2. The third kappa shape index (κ3) is 5.20. The van der Waals surface area contributed by atoms with E-state index in [9.17, 15) is 4.79 Å². The molecule has 8 heterocycles. The first-order valence-corrected chi connectivity index (χ1v) is 19.3. The second-order valence-corrected chi connectivity index (χ2v) is 18.8. The van der Waals surface area contributed by atoms with Gasteiger partial charge in [-0.15, -0.1) is 0 Å². The van der Waals surface area contributed by atoms with Crippen LogP contribution in [0.5, 0.6) is 0 Å². The largest absolute Gasteiger partial charge is 0.351 e. The van der Waals surface area contributed by atoms with Crippen LogP contribution in [0.3, 0.4) is 0 Å². The zero-order chi connectivity index (χ0) is 34.0. The van der Waals surface area contributed by atoms with E-state index in [1.165, 1.54) is 0 Å². The lowest BCUT2D eigenvalue weighted by atomic mass is 9.56. The zero-order valence-corrected chi connectivity index (χ0v) is 30.8. The van der Waals surface area contributed by atoms with Crippen molar-refractivity contribution < 1.29 is 43.3 Å². The van der Waals surface area contributed by atoms with Crippen molar-refractivity contribution in [3.63, 3.8) is 0 Å². The minimum absolute atomic E-state index is 0.0460. The average Bonchev–Trinajstić information content (AvgIpc) is 3.38. The van der Waals surface area contributed by atoms with Gasteiger partial charge in [-0.1, -0.05) is 27.7 Å². The van der Waals surface area contributed by atoms with Crippen molar-refractivity contribution in [1.29, 1.82) is 0 Å². The van der Waals surface area contributed by atoms with Crippen LogP contribution in [0.25, 0.3) is 0 Å². The van der Waals surface area contributed by atoms with E-state index in [1.807, 2.05) is 34.6 Å². The molecule has 1 unspecified atom stereocenters. The Morgan fingerprint density at radius 1 is 0.667 bits per heavy atom. The summed E-state index contributed by atoms with van der Waals surface area (Å²) in [7, 11) is 0. The molecule has 48 heavy (non-hydrogen) atoms. The van der Waals surface area contributed by atoms with E-state index in [0.717, 1.165) is 51.4 Å². The predicted octanol–water partition coefficient (Wildman–Crippen LogP) is 6.80. The first-order valence-electron chi connectivity index (χ1n) is 19.3. The Balaban J connectivity index is 1.08. The van der Waals surface area contributed by atoms with Crippen LogP contribution in [0.15, 0.2) is 0 Å². The fourth-order valence-corrected chi connectivity index (χ4v) is 11.8. The van der Waals surface area contributed by atoms with E-state index < -0.39 is 35.4 Å². The summed E-state index contributed by atoms with van der Waals surface area (Å²) in [6.45, 7) is 19.3. The number of hydrogen-bond donors (Lipinski definition) is 1. The number of nitrogens with one attached hydrogen (secondary N) is 1. The summed E-state index contributed by atoms with van der Waals surface area (Å²) in [6, 6.07) is 0. The second kappa shape index (κ2) is 11.6. The van der Waals surface area contributed by atoms with Crippen molar-refractivity contribution in [3.8, 4) is 0 Å². The molecule has 1 amide bonds. The highest BCUT2D eigenvalue weighted by Gasteiger charge is 2.71. The fraction of sp³-hybridized carbons (Fsp3) is 0.974. The van der Waals surface area contributed by atoms with Crippen LogP contribution in [-0.4, -0.2) is 59.0 Å². The molecule has 10 nitrogen and oxygen atoms in total. The Labute approximate surface area is 287 Å². The average molecular weight is 676 g/mol. The van der Waals surface area contributed by atoms with Crippen molar-refractivity contribution in [2.75, 3.05) is 0 Å². The van der Waals surface area contributed by atoms with Gasteiger partial charge in [-0.25, -0.2) is 19.6 Å². The minimum Gasteiger partial charge on any atom is -0.351 e. The van der Waals surface area contributed by atoms with Gasteiger partial charge in [0.05, 0.1) is 12.2 Å². The van der Waals surface area contributed by atoms with Gasteiger partial charge >= 0.3 is 0 Å². The maximum atomic E-state index is 14.3. The maximum absolute atomic E-state index is 14.3. The molecule has 10 heteroatoms. The third-order valence-electron chi connectivity index (χ3n) is 14.5. The van der Waals surface area contributed by atoms with Gasteiger partial charge in [0.15, 0.2) is 23.8 Å². The molecule has 10 fully saturated rings. The first kappa shape index (κ1) is 34.2. The quantitative estimate of drug-likeness (QED) is 0.315. The lowest BCUT2D eigenvalue weighted by Crippen LogP contribution is -2.71. The highest BCUT2D eigenvalue weighted by atomic mass is 17.3. The molecule has 0 aromatic rings. The molecule has 272 valence electrons. The number of carbonyl (C=O) groups excluding carboxylic acids is 1. The molecule has 2 spiro atoms. The molecule has 0 aromatic heterocycles. The van der Waals surface area contributed by atoms with Gasteiger partial charge in [-0.2, -0.15) is 0 Å². The van der Waals surface area contributed by atoms with Crippen LogP contribution in [0.4, 0.5) is 0 Å². The molecule has 10 aliphatic rings. The Morgan fingerprint density at radius 3 is 1.52 bits per heavy atom. The standard InChI is InChI=1S/C38H61NO9/c1-20-10-12-27-22(3)29(41-32-37(27)25(20)14-16-35(8,43-32)45-47-37)18-24(31(40)39-34(5,6)7)19-30-23(4)28-13-11-21(2)26-15-17-36(9)44-33(42-30)38(26,28)48-46-36/h20-30,32-33H,10-19H2,1-9H3,(H,39,40)/t20-,21-,22-,23-,24?,25+,26+,27+,28+,29-,30-,32-,33+,35-,36-,37-,38-/m1/s1. The van der Waals surface area contributed by atoms with Crippen molar-refractivity contribution in [1.82, 2.24) is 5.32 Å². The second-order valence-electron chi connectivity index (χ2n) is 18.8. The molecule has 17 atom stereocenters. The summed E-state index contributed by atoms with van der Waals surface area (Å²) in [5.74, 6) is 0.444. The van der Waals surface area contributed by atoms with Crippen LogP contribution in [0.1, 0.15) is 127 Å². The normalized spacial score (nSPS) is 54.8. The Hall–Kier alpha value is -0.850. The third-order valence-corrected chi connectivity index (χ3v) is 14.5. The van der Waals surface area contributed by atoms with Crippen LogP contribution in [0, 0.1) is 53.3 Å². The van der Waals surface area contributed by atoms with Crippen LogP contribution >= 0.6 is 0 Å². The van der Waals surface area contributed by atoms with Crippen LogP contribution in [-0.2, 0) is 43.3 Å². The molecular weight excluding hydrogens is 614 g/mol. The Bertz CT molecular complexity index is 1180. The molecule has 2 saturated carbocycles. The van der Waals surface area contributed by atoms with E-state index in [1.54, 1.807) is 0 Å². The van der Waals surface area contributed by atoms with E-state index in [0.29, 0.717) is 36.5 Å². The summed E-state index contributed by atoms with van der Waals surface area (Å²) in [6.07, 6.45) is 7.68. The van der Waals surface area contributed by atoms with Gasteiger partial charge in [0.1, 0.15) is 0 Å². The molecule has 2 aliphatic carbocycles. The number of carbonyl (C=O) groups is 1. The highest BCUT2D eigenvalue weighted by Crippen LogP contribution is 2.63. The van der Waals surface area contributed by atoms with E-state index >= 15 is 0 Å². The summed E-state index contributed by atoms with van der Waals surface area (Å²) < 4.78 is 27.4. The lowest BCUT2D eigenvalue weighted by Gasteiger charge is -2.61. The number of ether oxygens (including phenoxy) is 4. The zero-order valence-electron chi connectivity index (χ0n) is 30.8. The van der Waals surface area contributed by atoms with Gasteiger partial charge in [0.25, 0.3) is 0 Å². The molecule has 1 N–H and O–H groups in total. The Morgan fingerprint density at radius 2 is 1.10 bits per heavy atom. The molecule has 0 aromatic carbocycles. The van der Waals surface area contributed by atoms with Gasteiger partial charge in [0, 0.05) is 36.1 Å². The fourth-order valence-electron chi connectivity index (χ4n) is 11.8. The molecule has 8 saturated heterocycles. The number of rotatable bonds is 5. The molecule has 8 aliphatic heterocycles. The smallest absolute Gasteiger partial charge is 0.223 e. The molecule has 0 radical (unpaired) electrons. The topological polar surface area (TPSA) is 103 Å². The molecule has 4 bridgehead atoms. The number of hydrogen-bond acceptors (Lipinski definition) is 9. The lowest BCUT2D eigenvalue weighted by molar-refractivity contribution is -0.571. The Kier molecular flexibility index (Phi) is 8.26.